The van der Waals surface area contributed by atoms with Crippen LogP contribution in [0.4, 0.5) is 0 Å². The Labute approximate surface area is 542 Å². The van der Waals surface area contributed by atoms with Crippen LogP contribution in [-0.4, -0.2) is 98.2 Å². The van der Waals surface area contributed by atoms with Crippen LogP contribution in [-0.2, 0) is 18.9 Å². The summed E-state index contributed by atoms with van der Waals surface area (Å²) in [6, 6.07) is 0. The van der Waals surface area contributed by atoms with Crippen molar-refractivity contribution >= 4 is 0 Å². The first kappa shape index (κ1) is 71.8. The van der Waals surface area contributed by atoms with Gasteiger partial charge < -0.3 is 18.9 Å². The molecule has 0 spiro atoms. The summed E-state index contributed by atoms with van der Waals surface area (Å²) in [6.07, 6.45) is 36.1. The highest BCUT2D eigenvalue weighted by atomic mass is 16.5. The van der Waals surface area contributed by atoms with E-state index in [-0.39, 0.29) is 98.2 Å². The van der Waals surface area contributed by atoms with Crippen LogP contribution in [0.25, 0.3) is 0 Å². The molecule has 5 saturated heterocycles. The second kappa shape index (κ2) is 34.5. The van der Waals surface area contributed by atoms with Gasteiger partial charge in [0.05, 0.1) is 98.2 Å². The Balaban J connectivity index is 1.15. The van der Waals surface area contributed by atoms with Crippen molar-refractivity contribution in [2.24, 2.45) is 94.7 Å². The molecule has 88 heavy (non-hydrogen) atoms. The second-order valence-electron chi connectivity index (χ2n) is 31.8. The second-order valence-corrected chi connectivity index (χ2v) is 31.8. The smallest absolute Gasteiger partial charge is 0.0653 e. The minimum absolute atomic E-state index is 0.0935. The number of nitrogens with one attached hydrogen (secondary N) is 8. The van der Waals surface area contributed by atoms with Crippen LogP contribution >= 0.6 is 0 Å². The molecular weight excluding hydrogens is 1090 g/mol. The number of hydrogen-bond acceptors (Lipinski definition) is 12. The third-order valence-electron chi connectivity index (χ3n) is 26.5. The van der Waals surface area contributed by atoms with Crippen LogP contribution in [0.3, 0.4) is 0 Å². The van der Waals surface area contributed by atoms with Gasteiger partial charge in [-0.1, -0.05) is 214 Å². The molecule has 20 atom stereocenters. The monoisotopic (exact) mass is 1230 g/mol. The van der Waals surface area contributed by atoms with Crippen molar-refractivity contribution in [3.05, 3.63) is 0 Å². The van der Waals surface area contributed by atoms with E-state index in [1.54, 1.807) is 0 Å². The Hall–Kier alpha value is -0.480. The van der Waals surface area contributed by atoms with E-state index < -0.39 is 0 Å². The minimum atomic E-state index is 0.0935. The van der Waals surface area contributed by atoms with Gasteiger partial charge in [0.2, 0.25) is 0 Å². The van der Waals surface area contributed by atoms with Crippen molar-refractivity contribution in [3.63, 3.8) is 0 Å². The Morgan fingerprint density at radius 1 is 0.261 bits per heavy atom. The van der Waals surface area contributed by atoms with Gasteiger partial charge in [-0.3, -0.25) is 42.5 Å². The molecular formula is C76H144N8O4. The van der Waals surface area contributed by atoms with Crippen molar-refractivity contribution in [1.29, 1.82) is 0 Å². The van der Waals surface area contributed by atoms with Crippen LogP contribution < -0.4 is 42.5 Å². The zero-order valence-corrected chi connectivity index (χ0v) is 59.9. The summed E-state index contributed by atoms with van der Waals surface area (Å²) in [7, 11) is 0. The zero-order valence-electron chi connectivity index (χ0n) is 59.9. The number of hydrogen-bond donors (Lipinski definition) is 8. The maximum atomic E-state index is 7.91. The van der Waals surface area contributed by atoms with Gasteiger partial charge in [0.1, 0.15) is 0 Å². The van der Waals surface area contributed by atoms with E-state index in [0.29, 0.717) is 94.7 Å². The normalized spacial score (nSPS) is 39.4. The van der Waals surface area contributed by atoms with Crippen LogP contribution in [0.2, 0.25) is 0 Å². The van der Waals surface area contributed by atoms with E-state index in [1.807, 2.05) is 0 Å². The summed E-state index contributed by atoms with van der Waals surface area (Å²) in [6.45, 7) is 38.9. The summed E-state index contributed by atoms with van der Waals surface area (Å²) < 4.78 is 31.6. The molecule has 9 fully saturated rings. The average molecular weight is 1230 g/mol. The first-order valence-corrected chi connectivity index (χ1v) is 39.5. The van der Waals surface area contributed by atoms with Crippen molar-refractivity contribution in [3.8, 4) is 0 Å². The lowest BCUT2D eigenvalue weighted by Crippen LogP contribution is -2.62. The highest BCUT2D eigenvalue weighted by Crippen LogP contribution is 2.50. The molecule has 4 aliphatic carbocycles. The maximum absolute atomic E-state index is 7.91. The van der Waals surface area contributed by atoms with Crippen LogP contribution in [0.5, 0.6) is 0 Å². The standard InChI is InChI=1S/C76H144N8O4/c1-17-33-45(13)65(49(21-5)22-6)85-57-41-29-37-53-61(57)73-77-69(53)82-74-63-55(39-31-43-59(63)87-67(47(15)35-19-3)51(25-9)26-10)71(79-74)84-76-64-56(40-32-44-60(64)88-68(48(16)36-20-4)52(27-11)28-12)72(80-76)83-75-62-54(70(78-75)81-73)38-30-42-58(62)86-66(46(14)34-18-2)50(23-7)24-8/h45-84H,17-44H2,1-16H3. The summed E-state index contributed by atoms with van der Waals surface area (Å²) in [5.41, 5.74) is 0. The van der Waals surface area contributed by atoms with E-state index in [2.05, 4.69) is 153 Å². The molecule has 8 N–H and O–H groups in total. The van der Waals surface area contributed by atoms with Gasteiger partial charge in [-0.05, 0) is 148 Å². The fourth-order valence-electron chi connectivity index (χ4n) is 21.8. The Morgan fingerprint density at radius 3 is 0.602 bits per heavy atom. The van der Waals surface area contributed by atoms with Crippen molar-refractivity contribution in [2.45, 2.75) is 389 Å². The molecule has 12 heteroatoms. The molecule has 0 aromatic carbocycles. The molecule has 0 aromatic rings. The average Bonchev–Trinajstić information content (AvgIpc) is 1.74. The van der Waals surface area contributed by atoms with Crippen LogP contribution in [0.1, 0.15) is 291 Å². The molecule has 20 unspecified atom stereocenters. The van der Waals surface area contributed by atoms with E-state index in [1.165, 1.54) is 154 Å². The molecule has 5 aliphatic heterocycles. The lowest BCUT2D eigenvalue weighted by atomic mass is 9.74. The molecule has 0 aromatic heterocycles. The maximum Gasteiger partial charge on any atom is 0.0653 e. The minimum Gasteiger partial charge on any atom is -0.374 e. The first-order valence-electron chi connectivity index (χ1n) is 39.5. The van der Waals surface area contributed by atoms with Gasteiger partial charge >= 0.3 is 0 Å². The van der Waals surface area contributed by atoms with E-state index in [0.717, 1.165) is 25.7 Å². The third kappa shape index (κ3) is 16.0. The quantitative estimate of drug-likeness (QED) is 0.0326. The van der Waals surface area contributed by atoms with Gasteiger partial charge in [-0.2, -0.15) is 0 Å². The molecule has 0 amide bonds. The number of rotatable bonds is 32. The van der Waals surface area contributed by atoms with Crippen LogP contribution in [0.15, 0.2) is 0 Å². The summed E-state index contributed by atoms with van der Waals surface area (Å²) in [5, 5.41) is 36.5. The molecule has 512 valence electrons. The van der Waals surface area contributed by atoms with Gasteiger partial charge in [-0.15, -0.1) is 0 Å². The molecule has 0 radical (unpaired) electrons. The SMILES string of the molecule is CCCC(C)C(OC1CCCC2C3NC(NC4NC(NC5NC(NC6NC(N3)C3C(OC(C(C)CCC)C(CC)CC)CCCC63)C3C(OC(C(C)CCC)C(CC)CC)CCCC53)C3C(OC(C(C)CCC)C(CC)CC)CCCC43)C12)C(CC)CC. The van der Waals surface area contributed by atoms with Crippen molar-refractivity contribution in [1.82, 2.24) is 42.5 Å². The molecule has 8 bridgehead atoms. The number of fused-ring (bicyclic) bond motifs is 20. The molecule has 4 saturated carbocycles. The third-order valence-corrected chi connectivity index (χ3v) is 26.5. The molecule has 9 rings (SSSR count). The van der Waals surface area contributed by atoms with Crippen LogP contribution in [0, 0.1) is 94.7 Å². The lowest BCUT2D eigenvalue weighted by molar-refractivity contribution is -0.125. The predicted octanol–water partition coefficient (Wildman–Crippen LogP) is 15.5. The summed E-state index contributed by atoms with van der Waals surface area (Å²) in [4.78, 5) is 0. The lowest BCUT2D eigenvalue weighted by Gasteiger charge is -2.44. The molecule has 5 heterocycles. The molecule has 9 aliphatic rings. The summed E-state index contributed by atoms with van der Waals surface area (Å²) in [5.74, 6) is 7.49. The number of ether oxygens (including phenoxy) is 4. The van der Waals surface area contributed by atoms with Gasteiger partial charge in [0.25, 0.3) is 0 Å². The first-order chi connectivity index (χ1) is 42.8. The predicted molar refractivity (Wildman–Crippen MR) is 366 cm³/mol. The largest absolute Gasteiger partial charge is 0.374 e. The molecule has 12 nitrogen and oxygen atoms in total. The topological polar surface area (TPSA) is 133 Å². The van der Waals surface area contributed by atoms with E-state index in [4.69, 9.17) is 18.9 Å². The highest BCUT2D eigenvalue weighted by molar-refractivity contribution is 5.12. The van der Waals surface area contributed by atoms with Gasteiger partial charge in [0, 0.05) is 23.7 Å². The Bertz CT molecular complexity index is 1700. The van der Waals surface area contributed by atoms with Gasteiger partial charge in [-0.25, -0.2) is 0 Å². The fraction of sp³-hybridized carbons (Fsp3) is 1.00. The zero-order chi connectivity index (χ0) is 62.8. The highest BCUT2D eigenvalue weighted by Gasteiger charge is 2.60. The Kier molecular flexibility index (Phi) is 28.1. The summed E-state index contributed by atoms with van der Waals surface area (Å²) >= 11 is 0. The van der Waals surface area contributed by atoms with E-state index >= 15 is 0 Å². The fourth-order valence-corrected chi connectivity index (χ4v) is 21.8. The van der Waals surface area contributed by atoms with Gasteiger partial charge in [0.15, 0.2) is 0 Å². The van der Waals surface area contributed by atoms with E-state index in [9.17, 15) is 0 Å². The van der Waals surface area contributed by atoms with Crippen molar-refractivity contribution in [2.75, 3.05) is 0 Å². The van der Waals surface area contributed by atoms with Crippen molar-refractivity contribution < 1.29 is 18.9 Å². The Morgan fingerprint density at radius 2 is 0.443 bits per heavy atom.